The van der Waals surface area contributed by atoms with Gasteiger partial charge in [-0.2, -0.15) is 10.1 Å². The predicted octanol–water partition coefficient (Wildman–Crippen LogP) is 6.53. The number of nitrogens with one attached hydrogen (secondary N) is 1. The molecule has 0 aliphatic carbocycles. The van der Waals surface area contributed by atoms with Crippen LogP contribution in [-0.4, -0.2) is 22.7 Å². The van der Waals surface area contributed by atoms with E-state index in [1.165, 1.54) is 29.3 Å². The van der Waals surface area contributed by atoms with Crippen LogP contribution < -0.4 is 10.3 Å². The summed E-state index contributed by atoms with van der Waals surface area (Å²) >= 11 is 6.41. The van der Waals surface area contributed by atoms with E-state index < -0.39 is 5.97 Å². The number of hydrazone groups is 1. The Kier molecular flexibility index (Phi) is 7.40. The van der Waals surface area contributed by atoms with Crippen molar-refractivity contribution in [2.75, 3.05) is 5.01 Å². The highest BCUT2D eigenvalue weighted by Gasteiger charge is 2.29. The highest BCUT2D eigenvalue weighted by atomic mass is 35.5. The Morgan fingerprint density at radius 2 is 1.87 bits per heavy atom. The molecule has 5 rings (SSSR count). The Balaban J connectivity index is 1.31. The quantitative estimate of drug-likeness (QED) is 0.246. The summed E-state index contributed by atoms with van der Waals surface area (Å²) in [6.45, 7) is 2.77. The molecule has 0 atom stereocenters. The number of carbonyl (C=O) groups excluding carboxylic acids is 1. The van der Waals surface area contributed by atoms with E-state index in [1.807, 2.05) is 18.2 Å². The summed E-state index contributed by atoms with van der Waals surface area (Å²) in [5.74, 6) is -0.670. The summed E-state index contributed by atoms with van der Waals surface area (Å²) in [6.07, 6.45) is 1.62. The minimum atomic E-state index is -1.09. The fraction of sp³-hybridized carbons (Fsp3) is 0.100. The van der Waals surface area contributed by atoms with Crippen molar-refractivity contribution < 1.29 is 23.5 Å². The van der Waals surface area contributed by atoms with Gasteiger partial charge in [-0.25, -0.2) is 9.18 Å². The van der Waals surface area contributed by atoms with Gasteiger partial charge in [-0.3, -0.25) is 4.79 Å². The summed E-state index contributed by atoms with van der Waals surface area (Å²) in [5.41, 5.74) is 3.91. The van der Waals surface area contributed by atoms with Gasteiger partial charge in [0.15, 0.2) is 0 Å². The molecule has 39 heavy (non-hydrogen) atoms. The molecule has 0 fully saturated rings. The second-order valence-corrected chi connectivity index (χ2v) is 9.36. The van der Waals surface area contributed by atoms with Gasteiger partial charge in [0.25, 0.3) is 5.91 Å². The lowest BCUT2D eigenvalue weighted by Crippen LogP contribution is -2.21. The Bertz CT molecular complexity index is 1630. The van der Waals surface area contributed by atoms with E-state index in [4.69, 9.17) is 16.0 Å². The maximum atomic E-state index is 13.1. The van der Waals surface area contributed by atoms with Crippen molar-refractivity contribution in [3.63, 3.8) is 0 Å². The Morgan fingerprint density at radius 3 is 2.64 bits per heavy atom. The number of aromatic carboxylic acids is 1. The summed E-state index contributed by atoms with van der Waals surface area (Å²) in [4.78, 5) is 24.4. The number of halogens is 2. The number of anilines is 1. The molecule has 1 amide bonds. The van der Waals surface area contributed by atoms with Crippen molar-refractivity contribution >= 4 is 41.0 Å². The highest BCUT2D eigenvalue weighted by molar-refractivity contribution is 6.32. The molecule has 0 saturated carbocycles. The highest BCUT2D eigenvalue weighted by Crippen LogP contribution is 2.30. The summed E-state index contributed by atoms with van der Waals surface area (Å²) < 4.78 is 19.1. The van der Waals surface area contributed by atoms with Crippen LogP contribution in [0.1, 0.15) is 34.2 Å². The molecule has 3 aromatic carbocycles. The van der Waals surface area contributed by atoms with E-state index in [0.29, 0.717) is 46.6 Å². The van der Waals surface area contributed by atoms with Crippen LogP contribution >= 0.6 is 11.6 Å². The third-order valence-corrected chi connectivity index (χ3v) is 6.57. The molecule has 0 unspecified atom stereocenters. The van der Waals surface area contributed by atoms with Gasteiger partial charge in [0.2, 0.25) is 0 Å². The van der Waals surface area contributed by atoms with Crippen molar-refractivity contribution in [2.45, 2.75) is 20.0 Å². The van der Waals surface area contributed by atoms with E-state index in [1.54, 1.807) is 49.4 Å². The first-order valence-corrected chi connectivity index (χ1v) is 12.4. The van der Waals surface area contributed by atoms with Gasteiger partial charge in [0.1, 0.15) is 17.3 Å². The lowest BCUT2D eigenvalue weighted by atomic mass is 10.1. The standard InChI is InChI=1S/C30H23ClFN3O4/c1-18-26(29(36)35(34-18)24-4-2-3-21(14-24)30(37)38)15-25-10-12-28(39-25)20-7-11-27(31)22(13-20)17-33-16-19-5-8-23(32)9-6-19/h2-15,33H,16-17H2,1H3,(H,37,38)/b26-15-. The summed E-state index contributed by atoms with van der Waals surface area (Å²) in [7, 11) is 0. The first-order chi connectivity index (χ1) is 18.8. The zero-order valence-electron chi connectivity index (χ0n) is 20.8. The number of hydrogen-bond donors (Lipinski definition) is 2. The number of carboxylic acid groups (broad SMARTS) is 1. The van der Waals surface area contributed by atoms with Crippen molar-refractivity contribution in [1.82, 2.24) is 5.32 Å². The third kappa shape index (κ3) is 5.82. The van der Waals surface area contributed by atoms with E-state index in [-0.39, 0.29) is 17.3 Å². The maximum Gasteiger partial charge on any atom is 0.335 e. The zero-order chi connectivity index (χ0) is 27.5. The van der Waals surface area contributed by atoms with E-state index in [0.717, 1.165) is 16.7 Å². The number of rotatable bonds is 8. The van der Waals surface area contributed by atoms with Gasteiger partial charge in [-0.1, -0.05) is 29.8 Å². The van der Waals surface area contributed by atoms with Crippen molar-refractivity contribution in [3.05, 3.63) is 118 Å². The molecule has 1 aliphatic rings. The molecule has 0 spiro atoms. The van der Waals surface area contributed by atoms with Gasteiger partial charge >= 0.3 is 5.97 Å². The molecular formula is C30H23ClFN3O4. The van der Waals surface area contributed by atoms with Crippen LogP contribution in [0.4, 0.5) is 10.1 Å². The fourth-order valence-electron chi connectivity index (χ4n) is 4.17. The minimum Gasteiger partial charge on any atom is -0.478 e. The summed E-state index contributed by atoms with van der Waals surface area (Å²) in [6, 6.07) is 21.5. The number of carboxylic acids is 1. The van der Waals surface area contributed by atoms with Crippen LogP contribution in [0, 0.1) is 5.82 Å². The van der Waals surface area contributed by atoms with E-state index in [2.05, 4.69) is 10.4 Å². The smallest absolute Gasteiger partial charge is 0.335 e. The van der Waals surface area contributed by atoms with Crippen molar-refractivity contribution in [1.29, 1.82) is 0 Å². The summed E-state index contributed by atoms with van der Waals surface area (Å²) in [5, 5.41) is 18.7. The molecule has 0 bridgehead atoms. The molecule has 0 saturated heterocycles. The van der Waals surface area contributed by atoms with Gasteiger partial charge in [0.05, 0.1) is 22.5 Å². The number of benzene rings is 3. The van der Waals surface area contributed by atoms with E-state index >= 15 is 0 Å². The first-order valence-electron chi connectivity index (χ1n) is 12.1. The van der Waals surface area contributed by atoms with Crippen molar-refractivity contribution in [2.24, 2.45) is 5.10 Å². The largest absolute Gasteiger partial charge is 0.478 e. The number of nitrogens with zero attached hydrogens (tertiary/aromatic N) is 2. The molecule has 9 heteroatoms. The monoisotopic (exact) mass is 543 g/mol. The van der Waals surface area contributed by atoms with E-state index in [9.17, 15) is 19.1 Å². The molecule has 4 aromatic rings. The van der Waals surface area contributed by atoms with Gasteiger partial charge < -0.3 is 14.8 Å². The Hall–Kier alpha value is -4.53. The number of furan rings is 1. The molecule has 2 heterocycles. The minimum absolute atomic E-state index is 0.0641. The van der Waals surface area contributed by atoms with Crippen LogP contribution in [0.5, 0.6) is 0 Å². The Morgan fingerprint density at radius 1 is 1.08 bits per heavy atom. The first kappa shape index (κ1) is 26.1. The van der Waals surface area contributed by atoms with Gasteiger partial charge in [-0.05, 0) is 84.8 Å². The third-order valence-electron chi connectivity index (χ3n) is 6.20. The second-order valence-electron chi connectivity index (χ2n) is 8.95. The molecule has 196 valence electrons. The SMILES string of the molecule is CC1=NN(c2cccc(C(=O)O)c2)C(=O)/C1=C\c1ccc(-c2ccc(Cl)c(CNCc3ccc(F)cc3)c2)o1. The van der Waals surface area contributed by atoms with Gasteiger partial charge in [0, 0.05) is 23.7 Å². The molecule has 1 aromatic heterocycles. The normalized spacial score (nSPS) is 14.2. The van der Waals surface area contributed by atoms with Gasteiger partial charge in [-0.15, -0.1) is 0 Å². The molecule has 2 N–H and O–H groups in total. The predicted molar refractivity (Wildman–Crippen MR) is 148 cm³/mol. The molecule has 0 radical (unpaired) electrons. The second kappa shape index (κ2) is 11.1. The van der Waals surface area contributed by atoms with Crippen molar-refractivity contribution in [3.8, 4) is 11.3 Å². The molecular weight excluding hydrogens is 521 g/mol. The van der Waals surface area contributed by atoms with Crippen LogP contribution in [0.15, 0.2) is 94.0 Å². The maximum absolute atomic E-state index is 13.1. The zero-order valence-corrected chi connectivity index (χ0v) is 21.6. The fourth-order valence-corrected chi connectivity index (χ4v) is 4.35. The Labute approximate surface area is 228 Å². The number of carbonyl (C=O) groups is 2. The lowest BCUT2D eigenvalue weighted by Gasteiger charge is -2.12. The van der Waals surface area contributed by atoms with Crippen LogP contribution in [0.3, 0.4) is 0 Å². The van der Waals surface area contributed by atoms with Crippen LogP contribution in [0.2, 0.25) is 5.02 Å². The lowest BCUT2D eigenvalue weighted by molar-refractivity contribution is -0.114. The number of amides is 1. The average molecular weight is 544 g/mol. The average Bonchev–Trinajstić information content (AvgIpc) is 3.51. The van der Waals surface area contributed by atoms with Crippen LogP contribution in [0.25, 0.3) is 17.4 Å². The van der Waals surface area contributed by atoms with Crippen LogP contribution in [-0.2, 0) is 17.9 Å². The molecule has 1 aliphatic heterocycles. The topological polar surface area (TPSA) is 95.1 Å². The number of hydrogen-bond acceptors (Lipinski definition) is 5. The molecule has 7 nitrogen and oxygen atoms in total.